The normalized spacial score (nSPS) is 10.6. The van der Waals surface area contributed by atoms with Crippen LogP contribution in [0.3, 0.4) is 0 Å². The zero-order chi connectivity index (χ0) is 14.2. The lowest BCUT2D eigenvalue weighted by molar-refractivity contribution is 0.0988. The highest BCUT2D eigenvalue weighted by Crippen LogP contribution is 2.22. The van der Waals surface area contributed by atoms with Crippen molar-refractivity contribution in [2.75, 3.05) is 11.9 Å². The van der Waals surface area contributed by atoms with E-state index >= 15 is 0 Å². The molecule has 1 amide bonds. The number of hydrogen-bond acceptors (Lipinski definition) is 2. The minimum atomic E-state index is -0.608. The van der Waals surface area contributed by atoms with Crippen molar-refractivity contribution in [1.29, 1.82) is 0 Å². The summed E-state index contributed by atoms with van der Waals surface area (Å²) in [6, 6.07) is 7.48. The molecule has 5 heteroatoms. The summed E-state index contributed by atoms with van der Waals surface area (Å²) in [6.07, 6.45) is 0. The maximum atomic E-state index is 13.9. The highest BCUT2D eigenvalue weighted by molar-refractivity contribution is 6.06. The van der Waals surface area contributed by atoms with Crippen molar-refractivity contribution < 1.29 is 9.18 Å². The molecule has 0 aliphatic carbocycles. The van der Waals surface area contributed by atoms with Crippen LogP contribution in [-0.2, 0) is 7.05 Å². The third-order valence-corrected chi connectivity index (χ3v) is 3.15. The molecule has 0 spiro atoms. The van der Waals surface area contributed by atoms with Crippen LogP contribution in [0.1, 0.15) is 21.6 Å². The van der Waals surface area contributed by atoms with E-state index in [4.69, 9.17) is 0 Å². The van der Waals surface area contributed by atoms with E-state index in [-0.39, 0.29) is 5.56 Å². The highest BCUT2D eigenvalue weighted by atomic mass is 19.1. The molecule has 0 aliphatic heterocycles. The molecular formula is C14H16FN3O. The lowest BCUT2D eigenvalue weighted by atomic mass is 10.1. The second-order valence-electron chi connectivity index (χ2n) is 4.53. The lowest BCUT2D eigenvalue weighted by Crippen LogP contribution is -2.28. The van der Waals surface area contributed by atoms with Crippen LogP contribution in [0.25, 0.3) is 0 Å². The van der Waals surface area contributed by atoms with Gasteiger partial charge < -0.3 is 4.90 Å². The van der Waals surface area contributed by atoms with Crippen molar-refractivity contribution in [2.45, 2.75) is 13.8 Å². The Morgan fingerprint density at radius 1 is 1.32 bits per heavy atom. The van der Waals surface area contributed by atoms with Gasteiger partial charge in [0.1, 0.15) is 5.56 Å². The highest BCUT2D eigenvalue weighted by Gasteiger charge is 2.24. The Bertz CT molecular complexity index is 634. The van der Waals surface area contributed by atoms with Crippen molar-refractivity contribution in [3.63, 3.8) is 0 Å². The van der Waals surface area contributed by atoms with Crippen LogP contribution in [0.4, 0.5) is 10.1 Å². The quantitative estimate of drug-likeness (QED) is 0.832. The number of amides is 1. The summed E-state index contributed by atoms with van der Waals surface area (Å²) in [4.78, 5) is 13.8. The van der Waals surface area contributed by atoms with Crippen LogP contribution in [0.2, 0.25) is 0 Å². The number of aromatic nitrogens is 2. The van der Waals surface area contributed by atoms with E-state index in [0.29, 0.717) is 5.69 Å². The van der Waals surface area contributed by atoms with Crippen LogP contribution in [0, 0.1) is 19.8 Å². The molecule has 19 heavy (non-hydrogen) atoms. The van der Waals surface area contributed by atoms with Gasteiger partial charge in [-0.1, -0.05) is 18.2 Å². The molecule has 0 radical (unpaired) electrons. The van der Waals surface area contributed by atoms with Crippen LogP contribution in [-0.4, -0.2) is 22.7 Å². The summed E-state index contributed by atoms with van der Waals surface area (Å²) in [5.41, 5.74) is 2.13. The van der Waals surface area contributed by atoms with Gasteiger partial charge in [0.15, 0.2) is 0 Å². The smallest absolute Gasteiger partial charge is 0.264 e. The van der Waals surface area contributed by atoms with Gasteiger partial charge in [-0.2, -0.15) is 9.49 Å². The van der Waals surface area contributed by atoms with Gasteiger partial charge in [-0.05, 0) is 25.5 Å². The summed E-state index contributed by atoms with van der Waals surface area (Å²) in [7, 11) is 3.11. The Balaban J connectivity index is 2.42. The molecule has 0 saturated heterocycles. The summed E-state index contributed by atoms with van der Waals surface area (Å²) in [5, 5.41) is 3.92. The van der Waals surface area contributed by atoms with E-state index < -0.39 is 11.9 Å². The number of carbonyl (C=O) groups excluding carboxylic acids is 1. The molecule has 0 fully saturated rings. The zero-order valence-electron chi connectivity index (χ0n) is 11.4. The third-order valence-electron chi connectivity index (χ3n) is 3.15. The third kappa shape index (κ3) is 2.23. The van der Waals surface area contributed by atoms with Crippen molar-refractivity contribution in [1.82, 2.24) is 9.78 Å². The van der Waals surface area contributed by atoms with Crippen molar-refractivity contribution in [3.05, 3.63) is 47.0 Å². The SMILES string of the molecule is Cc1ccccc1N(C)C(=O)c1c(C)nn(C)c1F. The fraction of sp³-hybridized carbons (Fsp3) is 0.286. The molecule has 1 aromatic carbocycles. The Labute approximate surface area is 111 Å². The molecule has 0 bridgehead atoms. The largest absolute Gasteiger partial charge is 0.311 e. The topological polar surface area (TPSA) is 38.1 Å². The average Bonchev–Trinajstić information content (AvgIpc) is 2.62. The Hall–Kier alpha value is -2.17. The van der Waals surface area contributed by atoms with E-state index in [9.17, 15) is 9.18 Å². The van der Waals surface area contributed by atoms with Crippen LogP contribution < -0.4 is 4.90 Å². The average molecular weight is 261 g/mol. The van der Waals surface area contributed by atoms with Gasteiger partial charge in [-0.3, -0.25) is 4.79 Å². The van der Waals surface area contributed by atoms with Crippen molar-refractivity contribution in [3.8, 4) is 0 Å². The van der Waals surface area contributed by atoms with Crippen LogP contribution >= 0.6 is 0 Å². The minimum absolute atomic E-state index is 0.0215. The van der Waals surface area contributed by atoms with E-state index in [1.165, 1.54) is 11.9 Å². The van der Waals surface area contributed by atoms with Gasteiger partial charge in [-0.15, -0.1) is 0 Å². The van der Waals surface area contributed by atoms with Crippen molar-refractivity contribution >= 4 is 11.6 Å². The first-order valence-corrected chi connectivity index (χ1v) is 5.96. The molecule has 0 unspecified atom stereocenters. The van der Waals surface area contributed by atoms with E-state index in [2.05, 4.69) is 5.10 Å². The lowest BCUT2D eigenvalue weighted by Gasteiger charge is -2.19. The molecule has 0 atom stereocenters. The Morgan fingerprint density at radius 2 is 1.95 bits per heavy atom. The molecular weight excluding hydrogens is 245 g/mol. The van der Waals surface area contributed by atoms with E-state index in [0.717, 1.165) is 15.9 Å². The standard InChI is InChI=1S/C14H16FN3O/c1-9-7-5-6-8-11(9)17(3)14(19)12-10(2)16-18(4)13(12)15/h5-8H,1-4H3. The maximum Gasteiger partial charge on any atom is 0.264 e. The Morgan fingerprint density at radius 3 is 2.47 bits per heavy atom. The monoisotopic (exact) mass is 261 g/mol. The summed E-state index contributed by atoms with van der Waals surface area (Å²) in [5.74, 6) is -1.000. The Kier molecular flexibility index (Phi) is 3.38. The van der Waals surface area contributed by atoms with Crippen molar-refractivity contribution in [2.24, 2.45) is 7.05 Å². The van der Waals surface area contributed by atoms with Gasteiger partial charge >= 0.3 is 0 Å². The number of halogens is 1. The number of carbonyl (C=O) groups is 1. The first kappa shape index (κ1) is 13.3. The fourth-order valence-electron chi connectivity index (χ4n) is 2.09. The molecule has 0 N–H and O–H groups in total. The summed E-state index contributed by atoms with van der Waals surface area (Å²) < 4.78 is 15.0. The van der Waals surface area contributed by atoms with Gasteiger partial charge in [0.2, 0.25) is 5.95 Å². The molecule has 0 aliphatic rings. The minimum Gasteiger partial charge on any atom is -0.311 e. The van der Waals surface area contributed by atoms with Gasteiger partial charge in [0.25, 0.3) is 5.91 Å². The van der Waals surface area contributed by atoms with Gasteiger partial charge in [0.05, 0.1) is 5.69 Å². The fourth-order valence-corrected chi connectivity index (χ4v) is 2.09. The van der Waals surface area contributed by atoms with Gasteiger partial charge in [0, 0.05) is 19.8 Å². The predicted molar refractivity (Wildman–Crippen MR) is 71.8 cm³/mol. The van der Waals surface area contributed by atoms with Crippen LogP contribution in [0.15, 0.2) is 24.3 Å². The summed E-state index contributed by atoms with van der Waals surface area (Å²) in [6.45, 7) is 3.54. The number of aryl methyl sites for hydroxylation is 3. The molecule has 100 valence electrons. The zero-order valence-corrected chi connectivity index (χ0v) is 11.4. The van der Waals surface area contributed by atoms with E-state index in [1.807, 2.05) is 31.2 Å². The number of hydrogen-bond donors (Lipinski definition) is 0. The molecule has 1 heterocycles. The second-order valence-corrected chi connectivity index (χ2v) is 4.53. The van der Waals surface area contributed by atoms with Crippen LogP contribution in [0.5, 0.6) is 0 Å². The molecule has 1 aromatic heterocycles. The molecule has 0 saturated carbocycles. The number of nitrogens with zero attached hydrogens (tertiary/aromatic N) is 3. The summed E-state index contributed by atoms with van der Waals surface area (Å²) >= 11 is 0. The van der Waals surface area contributed by atoms with Gasteiger partial charge in [-0.25, -0.2) is 4.68 Å². The number of anilines is 1. The number of para-hydroxylation sites is 1. The molecule has 2 aromatic rings. The van der Waals surface area contributed by atoms with E-state index in [1.54, 1.807) is 14.0 Å². The second kappa shape index (κ2) is 4.84. The number of rotatable bonds is 2. The molecule has 2 rings (SSSR count). The first-order chi connectivity index (χ1) is 8.93. The predicted octanol–water partition coefficient (Wildman–Crippen LogP) is 2.45. The maximum absolute atomic E-state index is 13.9. The molecule has 4 nitrogen and oxygen atoms in total. The number of benzene rings is 1. The first-order valence-electron chi connectivity index (χ1n) is 5.96.